The molecular weight excluding hydrogens is 273 g/mol. The number of benzene rings is 2. The maximum absolute atomic E-state index is 13.0. The van der Waals surface area contributed by atoms with Crippen LogP contribution in [0.25, 0.3) is 0 Å². The molecule has 0 amide bonds. The van der Waals surface area contributed by atoms with Gasteiger partial charge in [0.15, 0.2) is 0 Å². The topological polar surface area (TPSA) is 12.0 Å². The summed E-state index contributed by atoms with van der Waals surface area (Å²) >= 11 is 6.02. The lowest BCUT2D eigenvalue weighted by Crippen LogP contribution is -2.24. The van der Waals surface area contributed by atoms with Crippen molar-refractivity contribution in [2.75, 3.05) is 0 Å². The number of halogens is 2. The van der Waals surface area contributed by atoms with E-state index in [-0.39, 0.29) is 17.9 Å². The van der Waals surface area contributed by atoms with E-state index in [1.165, 1.54) is 12.1 Å². The zero-order valence-corrected chi connectivity index (χ0v) is 12.5. The van der Waals surface area contributed by atoms with Crippen molar-refractivity contribution in [3.8, 4) is 0 Å². The van der Waals surface area contributed by atoms with E-state index >= 15 is 0 Å². The Kier molecular flexibility index (Phi) is 5.16. The van der Waals surface area contributed by atoms with Crippen LogP contribution in [0.5, 0.6) is 0 Å². The van der Waals surface area contributed by atoms with Gasteiger partial charge in [-0.25, -0.2) is 4.39 Å². The third kappa shape index (κ3) is 3.81. The van der Waals surface area contributed by atoms with E-state index in [2.05, 4.69) is 25.2 Å². The van der Waals surface area contributed by atoms with E-state index in [0.29, 0.717) is 0 Å². The molecule has 1 nitrogen and oxygen atoms in total. The highest BCUT2D eigenvalue weighted by Crippen LogP contribution is 2.23. The molecule has 0 aliphatic carbocycles. The molecule has 0 aliphatic rings. The minimum Gasteiger partial charge on any atom is -0.303 e. The fraction of sp³-hybridized carbons (Fsp3) is 0.294. The minimum absolute atomic E-state index is 0.184. The van der Waals surface area contributed by atoms with Crippen LogP contribution in [0.4, 0.5) is 4.39 Å². The summed E-state index contributed by atoms with van der Waals surface area (Å²) < 4.78 is 13.0. The summed E-state index contributed by atoms with van der Waals surface area (Å²) in [6.45, 7) is 4.23. The molecule has 0 radical (unpaired) electrons. The number of nitrogens with one attached hydrogen (secondary N) is 1. The Labute approximate surface area is 124 Å². The van der Waals surface area contributed by atoms with Crippen LogP contribution >= 0.6 is 11.6 Å². The fourth-order valence-corrected chi connectivity index (χ4v) is 2.52. The second-order valence-electron chi connectivity index (χ2n) is 4.96. The molecule has 0 fully saturated rings. The molecule has 0 aromatic heterocycles. The van der Waals surface area contributed by atoms with Crippen molar-refractivity contribution in [1.82, 2.24) is 5.32 Å². The molecule has 0 heterocycles. The lowest BCUT2D eigenvalue weighted by Gasteiger charge is -2.23. The Morgan fingerprint density at radius 3 is 2.40 bits per heavy atom. The van der Waals surface area contributed by atoms with Gasteiger partial charge in [-0.1, -0.05) is 42.8 Å². The molecule has 0 spiro atoms. The average Bonchev–Trinajstić information content (AvgIpc) is 2.45. The van der Waals surface area contributed by atoms with Gasteiger partial charge in [0, 0.05) is 17.1 Å². The third-order valence-corrected chi connectivity index (χ3v) is 3.72. The standard InChI is InChI=1S/C17H19ClFN/c1-3-17(13-7-9-16(19)10-8-13)20-12(2)14-5-4-6-15(18)11-14/h4-12,17,20H,3H2,1-2H3. The molecule has 2 atom stereocenters. The third-order valence-electron chi connectivity index (χ3n) is 3.48. The molecule has 2 rings (SSSR count). The number of hydrogen-bond donors (Lipinski definition) is 1. The zero-order chi connectivity index (χ0) is 14.5. The summed E-state index contributed by atoms with van der Waals surface area (Å²) in [7, 11) is 0. The normalized spacial score (nSPS) is 14.0. The molecule has 1 N–H and O–H groups in total. The van der Waals surface area contributed by atoms with Gasteiger partial charge in [0.05, 0.1) is 0 Å². The Balaban J connectivity index is 2.11. The van der Waals surface area contributed by atoms with Crippen LogP contribution in [0.3, 0.4) is 0 Å². The van der Waals surface area contributed by atoms with E-state index in [1.807, 2.05) is 30.3 Å². The van der Waals surface area contributed by atoms with Gasteiger partial charge < -0.3 is 5.32 Å². The molecule has 0 bridgehead atoms. The Bertz CT molecular complexity index is 553. The highest BCUT2D eigenvalue weighted by Gasteiger charge is 2.14. The maximum atomic E-state index is 13.0. The molecule has 0 saturated heterocycles. The fourth-order valence-electron chi connectivity index (χ4n) is 2.32. The van der Waals surface area contributed by atoms with Crippen molar-refractivity contribution in [2.45, 2.75) is 32.4 Å². The Morgan fingerprint density at radius 2 is 1.80 bits per heavy atom. The Morgan fingerprint density at radius 1 is 1.10 bits per heavy atom. The van der Waals surface area contributed by atoms with Crippen molar-refractivity contribution < 1.29 is 4.39 Å². The average molecular weight is 292 g/mol. The summed E-state index contributed by atoms with van der Waals surface area (Å²) in [6.07, 6.45) is 0.941. The van der Waals surface area contributed by atoms with E-state index in [9.17, 15) is 4.39 Å². The number of rotatable bonds is 5. The Hall–Kier alpha value is -1.38. The molecule has 0 saturated carbocycles. The molecule has 2 aromatic carbocycles. The van der Waals surface area contributed by atoms with Crippen LogP contribution in [0.1, 0.15) is 43.5 Å². The molecular formula is C17H19ClFN. The van der Waals surface area contributed by atoms with Crippen molar-refractivity contribution >= 4 is 11.6 Å². The number of hydrogen-bond acceptors (Lipinski definition) is 1. The summed E-state index contributed by atoms with van der Waals surface area (Å²) in [5.74, 6) is -0.202. The first-order valence-electron chi connectivity index (χ1n) is 6.87. The lowest BCUT2D eigenvalue weighted by atomic mass is 10.0. The van der Waals surface area contributed by atoms with Gasteiger partial charge in [-0.2, -0.15) is 0 Å². The van der Waals surface area contributed by atoms with E-state index < -0.39 is 0 Å². The van der Waals surface area contributed by atoms with Crippen LogP contribution in [-0.2, 0) is 0 Å². The van der Waals surface area contributed by atoms with Gasteiger partial charge >= 0.3 is 0 Å². The van der Waals surface area contributed by atoms with Gasteiger partial charge in [0.2, 0.25) is 0 Å². The highest BCUT2D eigenvalue weighted by molar-refractivity contribution is 6.30. The predicted octanol–water partition coefficient (Wildman–Crippen LogP) is 5.28. The molecule has 0 aliphatic heterocycles. The van der Waals surface area contributed by atoms with E-state index in [1.54, 1.807) is 0 Å². The summed E-state index contributed by atoms with van der Waals surface area (Å²) in [5.41, 5.74) is 2.25. The van der Waals surface area contributed by atoms with Crippen LogP contribution in [0.2, 0.25) is 5.02 Å². The zero-order valence-electron chi connectivity index (χ0n) is 11.7. The first kappa shape index (κ1) is 15.0. The largest absolute Gasteiger partial charge is 0.303 e. The monoisotopic (exact) mass is 291 g/mol. The first-order valence-corrected chi connectivity index (χ1v) is 7.25. The van der Waals surface area contributed by atoms with Gasteiger partial charge in [0.1, 0.15) is 5.82 Å². The SMILES string of the molecule is CCC(NC(C)c1cccc(Cl)c1)c1ccc(F)cc1. The second-order valence-corrected chi connectivity index (χ2v) is 5.39. The summed E-state index contributed by atoms with van der Waals surface area (Å²) in [5, 5.41) is 4.31. The van der Waals surface area contributed by atoms with Crippen LogP contribution in [0.15, 0.2) is 48.5 Å². The lowest BCUT2D eigenvalue weighted by molar-refractivity contribution is 0.456. The van der Waals surface area contributed by atoms with Crippen LogP contribution in [0, 0.1) is 5.82 Å². The van der Waals surface area contributed by atoms with Crippen molar-refractivity contribution in [3.63, 3.8) is 0 Å². The van der Waals surface area contributed by atoms with Gasteiger partial charge in [-0.05, 0) is 48.7 Å². The van der Waals surface area contributed by atoms with Gasteiger partial charge in [-0.3, -0.25) is 0 Å². The van der Waals surface area contributed by atoms with Crippen LogP contribution < -0.4 is 5.32 Å². The first-order chi connectivity index (χ1) is 9.60. The van der Waals surface area contributed by atoms with Crippen molar-refractivity contribution in [2.24, 2.45) is 0 Å². The predicted molar refractivity (Wildman–Crippen MR) is 82.4 cm³/mol. The van der Waals surface area contributed by atoms with E-state index in [0.717, 1.165) is 22.6 Å². The van der Waals surface area contributed by atoms with Gasteiger partial charge in [0.25, 0.3) is 0 Å². The summed E-state index contributed by atoms with van der Waals surface area (Å²) in [6, 6.07) is 14.9. The molecule has 2 aromatic rings. The van der Waals surface area contributed by atoms with Crippen molar-refractivity contribution in [1.29, 1.82) is 0 Å². The molecule has 106 valence electrons. The molecule has 2 unspecified atom stereocenters. The van der Waals surface area contributed by atoms with E-state index in [4.69, 9.17) is 11.6 Å². The minimum atomic E-state index is -0.202. The van der Waals surface area contributed by atoms with Crippen LogP contribution in [-0.4, -0.2) is 0 Å². The molecule has 3 heteroatoms. The maximum Gasteiger partial charge on any atom is 0.123 e. The highest BCUT2D eigenvalue weighted by atomic mass is 35.5. The van der Waals surface area contributed by atoms with Crippen molar-refractivity contribution in [3.05, 3.63) is 70.5 Å². The quantitative estimate of drug-likeness (QED) is 0.790. The molecule has 20 heavy (non-hydrogen) atoms. The summed E-state index contributed by atoms with van der Waals surface area (Å²) in [4.78, 5) is 0. The second kappa shape index (κ2) is 6.87. The van der Waals surface area contributed by atoms with Gasteiger partial charge in [-0.15, -0.1) is 0 Å². The smallest absolute Gasteiger partial charge is 0.123 e.